The van der Waals surface area contributed by atoms with E-state index < -0.39 is 11.7 Å². The first-order valence-electron chi connectivity index (χ1n) is 4.71. The summed E-state index contributed by atoms with van der Waals surface area (Å²) in [6, 6.07) is 10.6. The summed E-state index contributed by atoms with van der Waals surface area (Å²) in [7, 11) is 0. The van der Waals surface area contributed by atoms with E-state index in [-0.39, 0.29) is 12.4 Å². The minimum absolute atomic E-state index is 0. The molecule has 0 unspecified atom stereocenters. The fourth-order valence-electron chi connectivity index (χ4n) is 1.41. The summed E-state index contributed by atoms with van der Waals surface area (Å²) in [6.07, 6.45) is -0.893. The number of halogens is 4. The summed E-state index contributed by atoms with van der Waals surface area (Å²) >= 11 is 0. The van der Waals surface area contributed by atoms with Gasteiger partial charge < -0.3 is 12.4 Å². The van der Waals surface area contributed by atoms with Gasteiger partial charge in [-0.1, -0.05) is 12.1 Å². The van der Waals surface area contributed by atoms with Gasteiger partial charge in [0.2, 0.25) is 5.69 Å². The third-order valence-corrected chi connectivity index (χ3v) is 2.19. The number of alkyl halides is 3. The van der Waals surface area contributed by atoms with Crippen molar-refractivity contribution in [3.05, 3.63) is 60.4 Å². The molecule has 0 bridgehead atoms. The van der Waals surface area contributed by atoms with E-state index >= 15 is 0 Å². The monoisotopic (exact) mass is 259 g/mol. The Morgan fingerprint density at radius 3 is 2.12 bits per heavy atom. The molecule has 0 spiro atoms. The molecule has 0 fully saturated rings. The van der Waals surface area contributed by atoms with Crippen molar-refractivity contribution in [3.63, 3.8) is 0 Å². The van der Waals surface area contributed by atoms with Crippen LogP contribution >= 0.6 is 0 Å². The zero-order valence-corrected chi connectivity index (χ0v) is 9.41. The molecule has 0 aliphatic carbocycles. The SMILES string of the molecule is FC(F)(F)c1cccc(-[n+]2ccccc2)c1.[Cl-]. The second kappa shape index (κ2) is 5.19. The van der Waals surface area contributed by atoms with Crippen LogP contribution in [0.25, 0.3) is 5.69 Å². The van der Waals surface area contributed by atoms with Crippen molar-refractivity contribution in [1.29, 1.82) is 0 Å². The summed E-state index contributed by atoms with van der Waals surface area (Å²) in [5.41, 5.74) is -0.142. The lowest BCUT2D eigenvalue weighted by molar-refractivity contribution is -0.595. The highest BCUT2D eigenvalue weighted by molar-refractivity contribution is 5.30. The van der Waals surface area contributed by atoms with Crippen LogP contribution in [0.5, 0.6) is 0 Å². The Morgan fingerprint density at radius 2 is 1.53 bits per heavy atom. The molecule has 0 amide bonds. The van der Waals surface area contributed by atoms with E-state index in [1.807, 2.05) is 6.07 Å². The molecule has 1 aromatic carbocycles. The van der Waals surface area contributed by atoms with E-state index in [1.165, 1.54) is 6.07 Å². The topological polar surface area (TPSA) is 3.88 Å². The van der Waals surface area contributed by atoms with Crippen LogP contribution in [0.15, 0.2) is 54.9 Å². The Balaban J connectivity index is 0.00000144. The average molecular weight is 260 g/mol. The van der Waals surface area contributed by atoms with Crippen molar-refractivity contribution in [2.75, 3.05) is 0 Å². The molecule has 2 rings (SSSR count). The van der Waals surface area contributed by atoms with Crippen LogP contribution in [0, 0.1) is 0 Å². The molecular weight excluding hydrogens is 251 g/mol. The molecule has 1 nitrogen and oxygen atoms in total. The molecule has 0 aliphatic rings. The van der Waals surface area contributed by atoms with E-state index in [4.69, 9.17) is 0 Å². The van der Waals surface area contributed by atoms with Gasteiger partial charge in [-0.05, 0) is 6.07 Å². The molecule has 90 valence electrons. The molecule has 0 atom stereocenters. The molecule has 0 saturated heterocycles. The zero-order valence-electron chi connectivity index (χ0n) is 8.66. The minimum Gasteiger partial charge on any atom is -1.00 e. The van der Waals surface area contributed by atoms with Gasteiger partial charge >= 0.3 is 6.18 Å². The number of aromatic nitrogens is 1. The summed E-state index contributed by atoms with van der Waals surface area (Å²) < 4.78 is 39.1. The molecule has 1 heterocycles. The number of rotatable bonds is 1. The fraction of sp³-hybridized carbons (Fsp3) is 0.0833. The van der Waals surface area contributed by atoms with Crippen LogP contribution in [0.4, 0.5) is 13.2 Å². The van der Waals surface area contributed by atoms with Gasteiger partial charge in [-0.2, -0.15) is 17.7 Å². The van der Waals surface area contributed by atoms with Gasteiger partial charge in [0, 0.05) is 24.3 Å². The molecule has 0 N–H and O–H groups in total. The lowest BCUT2D eigenvalue weighted by Gasteiger charge is -2.05. The molecule has 0 radical (unpaired) electrons. The Hall–Kier alpha value is -1.55. The summed E-state index contributed by atoms with van der Waals surface area (Å²) in [5, 5.41) is 0. The van der Waals surface area contributed by atoms with Gasteiger partial charge in [0.15, 0.2) is 12.4 Å². The molecule has 0 aliphatic heterocycles. The quantitative estimate of drug-likeness (QED) is 0.634. The van der Waals surface area contributed by atoms with E-state index in [0.29, 0.717) is 5.69 Å². The van der Waals surface area contributed by atoms with Gasteiger partial charge in [0.25, 0.3) is 0 Å². The molecule has 2 aromatic rings. The van der Waals surface area contributed by atoms with E-state index in [9.17, 15) is 13.2 Å². The second-order valence-corrected chi connectivity index (χ2v) is 3.33. The molecule has 1 aromatic heterocycles. The van der Waals surface area contributed by atoms with Gasteiger partial charge in [0.05, 0.1) is 5.56 Å². The Morgan fingerprint density at radius 1 is 0.882 bits per heavy atom. The zero-order chi connectivity index (χ0) is 11.6. The van der Waals surface area contributed by atoms with Crippen molar-refractivity contribution in [3.8, 4) is 5.69 Å². The van der Waals surface area contributed by atoms with Crippen molar-refractivity contribution in [2.24, 2.45) is 0 Å². The Labute approximate surface area is 103 Å². The Kier molecular flexibility index (Phi) is 4.12. The van der Waals surface area contributed by atoms with Crippen molar-refractivity contribution in [1.82, 2.24) is 0 Å². The second-order valence-electron chi connectivity index (χ2n) is 3.33. The predicted octanol–water partition coefficient (Wildman–Crippen LogP) is -0.0139. The van der Waals surface area contributed by atoms with Gasteiger partial charge in [-0.25, -0.2) is 0 Å². The van der Waals surface area contributed by atoms with Crippen LogP contribution in [-0.4, -0.2) is 0 Å². The van der Waals surface area contributed by atoms with Crippen LogP contribution in [0.1, 0.15) is 5.56 Å². The summed E-state index contributed by atoms with van der Waals surface area (Å²) in [5.74, 6) is 0. The molecule has 17 heavy (non-hydrogen) atoms. The fourth-order valence-corrected chi connectivity index (χ4v) is 1.41. The van der Waals surface area contributed by atoms with Crippen LogP contribution in [-0.2, 0) is 6.18 Å². The number of hydrogen-bond donors (Lipinski definition) is 0. The van der Waals surface area contributed by atoms with Crippen molar-refractivity contribution < 1.29 is 30.1 Å². The van der Waals surface area contributed by atoms with E-state index in [1.54, 1.807) is 35.2 Å². The summed E-state index contributed by atoms with van der Waals surface area (Å²) in [6.45, 7) is 0. The first kappa shape index (κ1) is 13.5. The minimum atomic E-state index is -4.30. The summed E-state index contributed by atoms with van der Waals surface area (Å²) in [4.78, 5) is 0. The third-order valence-electron chi connectivity index (χ3n) is 2.19. The van der Waals surface area contributed by atoms with E-state index in [2.05, 4.69) is 0 Å². The van der Waals surface area contributed by atoms with Crippen molar-refractivity contribution in [2.45, 2.75) is 6.18 Å². The molecule has 5 heteroatoms. The van der Waals surface area contributed by atoms with Crippen LogP contribution < -0.4 is 17.0 Å². The maximum absolute atomic E-state index is 12.5. The third kappa shape index (κ3) is 3.20. The highest BCUT2D eigenvalue weighted by atomic mass is 35.5. The average Bonchev–Trinajstić information content (AvgIpc) is 2.29. The van der Waals surface area contributed by atoms with Gasteiger partial charge in [0.1, 0.15) is 0 Å². The smallest absolute Gasteiger partial charge is 0.416 e. The molecule has 0 saturated carbocycles. The maximum Gasteiger partial charge on any atom is 0.416 e. The largest absolute Gasteiger partial charge is 1.00 e. The highest BCUT2D eigenvalue weighted by Crippen LogP contribution is 2.29. The standard InChI is InChI=1S/C12H9F3N.ClH/c13-12(14,15)10-5-4-6-11(9-10)16-7-2-1-3-8-16;/h1-9H;1H/q+1;/p-1. The normalized spacial score (nSPS) is 10.8. The number of hydrogen-bond acceptors (Lipinski definition) is 0. The first-order valence-corrected chi connectivity index (χ1v) is 4.71. The van der Waals surface area contributed by atoms with E-state index in [0.717, 1.165) is 12.1 Å². The van der Waals surface area contributed by atoms with Gasteiger partial charge in [-0.15, -0.1) is 0 Å². The maximum atomic E-state index is 12.5. The van der Waals surface area contributed by atoms with Crippen molar-refractivity contribution >= 4 is 0 Å². The van der Waals surface area contributed by atoms with Crippen LogP contribution in [0.3, 0.4) is 0 Å². The van der Waals surface area contributed by atoms with Crippen LogP contribution in [0.2, 0.25) is 0 Å². The Bertz CT molecular complexity index is 483. The number of pyridine rings is 1. The lowest BCUT2D eigenvalue weighted by Crippen LogP contribution is -3.00. The first-order chi connectivity index (χ1) is 7.57. The lowest BCUT2D eigenvalue weighted by atomic mass is 10.2. The highest BCUT2D eigenvalue weighted by Gasteiger charge is 2.31. The molecular formula is C12H9ClF3N. The predicted molar refractivity (Wildman–Crippen MR) is 53.0 cm³/mol. The number of benzene rings is 1. The number of nitrogens with zero attached hydrogens (tertiary/aromatic N) is 1. The van der Waals surface area contributed by atoms with Gasteiger partial charge in [-0.3, -0.25) is 0 Å².